The van der Waals surface area contributed by atoms with Crippen LogP contribution in [-0.4, -0.2) is 27.0 Å². The van der Waals surface area contributed by atoms with E-state index in [1.807, 2.05) is 18.0 Å². The molecule has 0 N–H and O–H groups in total. The second-order valence-corrected chi connectivity index (χ2v) is 7.12. The van der Waals surface area contributed by atoms with Crippen LogP contribution in [-0.2, 0) is 13.1 Å². The Bertz CT molecular complexity index is 964. The average molecular weight is 368 g/mol. The van der Waals surface area contributed by atoms with E-state index in [-0.39, 0.29) is 5.69 Å². The molecule has 0 radical (unpaired) electrons. The second kappa shape index (κ2) is 6.96. The number of aromatic nitrogens is 2. The molecular weight excluding hydrogens is 348 g/mol. The molecule has 4 rings (SSSR count). The van der Waals surface area contributed by atoms with E-state index < -0.39 is 4.92 Å². The van der Waals surface area contributed by atoms with Crippen LogP contribution in [0.2, 0.25) is 0 Å². The first-order valence-corrected chi connectivity index (χ1v) is 8.84. The van der Waals surface area contributed by atoms with E-state index in [2.05, 4.69) is 23.1 Å². The van der Waals surface area contributed by atoms with Crippen LogP contribution in [0.5, 0.6) is 0 Å². The Hall–Kier alpha value is -3.00. The molecule has 2 aromatic heterocycles. The number of furan rings is 1. The zero-order chi connectivity index (χ0) is 19.0. The van der Waals surface area contributed by atoms with Gasteiger partial charge >= 0.3 is 0 Å². The van der Waals surface area contributed by atoms with Gasteiger partial charge in [0.15, 0.2) is 0 Å². The maximum Gasteiger partial charge on any atom is 0.270 e. The third kappa shape index (κ3) is 3.90. The Morgan fingerprint density at radius 2 is 2.11 bits per heavy atom. The van der Waals surface area contributed by atoms with E-state index in [4.69, 9.17) is 8.94 Å². The van der Waals surface area contributed by atoms with Crippen molar-refractivity contribution < 1.29 is 13.9 Å². The number of hydrogen-bond acceptors (Lipinski definition) is 7. The first-order valence-electron chi connectivity index (χ1n) is 8.84. The summed E-state index contributed by atoms with van der Waals surface area (Å²) >= 11 is 0. The van der Waals surface area contributed by atoms with Crippen LogP contribution in [0, 0.1) is 16.0 Å². The molecule has 1 saturated carbocycles. The lowest BCUT2D eigenvalue weighted by atomic mass is 10.2. The Labute approximate surface area is 155 Å². The van der Waals surface area contributed by atoms with Gasteiger partial charge in [0.25, 0.3) is 5.69 Å². The molecule has 140 valence electrons. The molecule has 1 aromatic carbocycles. The summed E-state index contributed by atoms with van der Waals surface area (Å²) in [4.78, 5) is 16.8. The average Bonchev–Trinajstić information content (AvgIpc) is 3.02. The second-order valence-electron chi connectivity index (χ2n) is 7.12. The van der Waals surface area contributed by atoms with Crippen molar-refractivity contribution >= 4 is 5.69 Å². The molecule has 27 heavy (non-hydrogen) atoms. The summed E-state index contributed by atoms with van der Waals surface area (Å²) in [5.41, 5.74) is 0.547. The molecule has 3 aromatic rings. The lowest BCUT2D eigenvalue weighted by Gasteiger charge is -2.11. The molecule has 1 fully saturated rings. The van der Waals surface area contributed by atoms with Crippen LogP contribution in [0.4, 0.5) is 5.69 Å². The summed E-state index contributed by atoms with van der Waals surface area (Å²) in [6, 6.07) is 10.3. The lowest BCUT2D eigenvalue weighted by Crippen LogP contribution is -2.17. The summed E-state index contributed by atoms with van der Waals surface area (Å²) in [5, 5.41) is 14.8. The van der Waals surface area contributed by atoms with Crippen molar-refractivity contribution in [1.82, 2.24) is 15.0 Å². The van der Waals surface area contributed by atoms with Gasteiger partial charge in [-0.05, 0) is 31.5 Å². The molecule has 0 unspecified atom stereocenters. The van der Waals surface area contributed by atoms with E-state index in [0.717, 1.165) is 11.5 Å². The minimum Gasteiger partial charge on any atom is -0.464 e. The van der Waals surface area contributed by atoms with Crippen LogP contribution >= 0.6 is 0 Å². The SMILES string of the molecule is C[C@@H]1C[C@@H]1c1ccc(CN(C)Cc2nc(-c3cccc([N+](=O)[O-])c3)no2)o1. The van der Waals surface area contributed by atoms with Crippen molar-refractivity contribution in [2.75, 3.05) is 7.05 Å². The van der Waals surface area contributed by atoms with Gasteiger partial charge in [0.1, 0.15) is 11.5 Å². The fraction of sp³-hybridized carbons (Fsp3) is 0.368. The zero-order valence-corrected chi connectivity index (χ0v) is 15.2. The minimum atomic E-state index is -0.446. The molecule has 0 aliphatic heterocycles. The molecule has 8 heteroatoms. The first-order chi connectivity index (χ1) is 13.0. The number of nitrogens with zero attached hydrogens (tertiary/aromatic N) is 4. The van der Waals surface area contributed by atoms with E-state index in [0.29, 0.717) is 42.2 Å². The molecule has 0 amide bonds. The Balaban J connectivity index is 1.39. The van der Waals surface area contributed by atoms with Gasteiger partial charge in [0.05, 0.1) is 18.0 Å². The highest BCUT2D eigenvalue weighted by molar-refractivity contribution is 5.58. The molecule has 0 spiro atoms. The number of nitro benzene ring substituents is 1. The zero-order valence-electron chi connectivity index (χ0n) is 15.2. The maximum absolute atomic E-state index is 10.9. The van der Waals surface area contributed by atoms with Crippen LogP contribution < -0.4 is 0 Å². The number of non-ortho nitro benzene ring substituents is 1. The van der Waals surface area contributed by atoms with Gasteiger partial charge in [-0.15, -0.1) is 0 Å². The van der Waals surface area contributed by atoms with Gasteiger partial charge < -0.3 is 8.94 Å². The van der Waals surface area contributed by atoms with Crippen molar-refractivity contribution in [2.45, 2.75) is 32.4 Å². The lowest BCUT2D eigenvalue weighted by molar-refractivity contribution is -0.384. The van der Waals surface area contributed by atoms with Crippen molar-refractivity contribution in [3.05, 3.63) is 63.9 Å². The summed E-state index contributed by atoms with van der Waals surface area (Å²) in [6.07, 6.45) is 1.20. The minimum absolute atomic E-state index is 0.00503. The fourth-order valence-electron chi connectivity index (χ4n) is 3.15. The summed E-state index contributed by atoms with van der Waals surface area (Å²) < 4.78 is 11.2. The molecular formula is C19H20N4O4. The van der Waals surface area contributed by atoms with Crippen LogP contribution in [0.3, 0.4) is 0 Å². The molecule has 1 aliphatic rings. The number of hydrogen-bond donors (Lipinski definition) is 0. The summed E-state index contributed by atoms with van der Waals surface area (Å²) in [7, 11) is 1.94. The van der Waals surface area contributed by atoms with Crippen molar-refractivity contribution in [1.29, 1.82) is 0 Å². The highest BCUT2D eigenvalue weighted by Gasteiger charge is 2.36. The Morgan fingerprint density at radius 1 is 1.30 bits per heavy atom. The third-order valence-corrected chi connectivity index (χ3v) is 4.77. The molecule has 8 nitrogen and oxygen atoms in total. The Kier molecular flexibility index (Phi) is 4.49. The molecule has 2 atom stereocenters. The standard InChI is InChI=1S/C19H20N4O4/c1-12-8-16(12)17-7-6-15(26-17)10-22(2)11-18-20-19(21-27-18)13-4-3-5-14(9-13)23(24)25/h3-7,9,12,16H,8,10-11H2,1-2H3/t12-,16+/m1/s1. The van der Waals surface area contributed by atoms with Crippen molar-refractivity contribution in [3.63, 3.8) is 0 Å². The highest BCUT2D eigenvalue weighted by Crippen LogP contribution is 2.47. The van der Waals surface area contributed by atoms with Crippen molar-refractivity contribution in [3.8, 4) is 11.4 Å². The maximum atomic E-state index is 10.9. The van der Waals surface area contributed by atoms with Gasteiger partial charge in [-0.25, -0.2) is 0 Å². The van der Waals surface area contributed by atoms with E-state index >= 15 is 0 Å². The van der Waals surface area contributed by atoms with Crippen LogP contribution in [0.15, 0.2) is 45.3 Å². The van der Waals surface area contributed by atoms with Gasteiger partial charge in [-0.3, -0.25) is 15.0 Å². The normalized spacial score (nSPS) is 18.8. The summed E-state index contributed by atoms with van der Waals surface area (Å²) in [5.74, 6) is 4.04. The number of nitro groups is 1. The molecule has 0 saturated heterocycles. The van der Waals surface area contributed by atoms with Gasteiger partial charge in [0.2, 0.25) is 11.7 Å². The predicted octanol–water partition coefficient (Wildman–Crippen LogP) is 3.99. The van der Waals surface area contributed by atoms with E-state index in [1.54, 1.807) is 12.1 Å². The van der Waals surface area contributed by atoms with E-state index in [9.17, 15) is 10.1 Å². The monoisotopic (exact) mass is 368 g/mol. The number of rotatable bonds is 7. The topological polar surface area (TPSA) is 98.4 Å². The first kappa shape index (κ1) is 17.4. The molecule has 2 heterocycles. The fourth-order valence-corrected chi connectivity index (χ4v) is 3.15. The quantitative estimate of drug-likeness (QED) is 0.459. The van der Waals surface area contributed by atoms with Gasteiger partial charge in [-0.2, -0.15) is 4.98 Å². The smallest absolute Gasteiger partial charge is 0.270 e. The Morgan fingerprint density at radius 3 is 2.85 bits per heavy atom. The largest absolute Gasteiger partial charge is 0.464 e. The summed E-state index contributed by atoms with van der Waals surface area (Å²) in [6.45, 7) is 3.32. The van der Waals surface area contributed by atoms with Crippen LogP contribution in [0.1, 0.15) is 36.7 Å². The van der Waals surface area contributed by atoms with Crippen LogP contribution in [0.25, 0.3) is 11.4 Å². The van der Waals surface area contributed by atoms with Gasteiger partial charge in [-0.1, -0.05) is 24.2 Å². The molecule has 1 aliphatic carbocycles. The highest BCUT2D eigenvalue weighted by atomic mass is 16.6. The van der Waals surface area contributed by atoms with E-state index in [1.165, 1.54) is 18.6 Å². The third-order valence-electron chi connectivity index (χ3n) is 4.77. The predicted molar refractivity (Wildman–Crippen MR) is 96.8 cm³/mol. The van der Waals surface area contributed by atoms with Gasteiger partial charge in [0, 0.05) is 23.6 Å². The number of benzene rings is 1. The van der Waals surface area contributed by atoms with Crippen molar-refractivity contribution in [2.24, 2.45) is 5.92 Å². The molecule has 0 bridgehead atoms.